The van der Waals surface area contributed by atoms with Crippen molar-refractivity contribution < 1.29 is 13.2 Å². The number of aryl methyl sites for hydroxylation is 1. The third-order valence-electron chi connectivity index (χ3n) is 5.46. The molecular weight excluding hydrogens is 372 g/mol. The molecule has 2 aromatic carbocycles. The summed E-state index contributed by atoms with van der Waals surface area (Å²) >= 11 is 0. The Labute approximate surface area is 167 Å². The molecular formula is C22H28N2O3S. The van der Waals surface area contributed by atoms with Gasteiger partial charge in [-0.2, -0.15) is 4.31 Å². The van der Waals surface area contributed by atoms with E-state index in [2.05, 4.69) is 23.5 Å². The fourth-order valence-corrected chi connectivity index (χ4v) is 5.33. The van der Waals surface area contributed by atoms with Crippen LogP contribution in [-0.4, -0.2) is 38.3 Å². The fourth-order valence-electron chi connectivity index (χ4n) is 3.88. The molecule has 1 aliphatic rings. The van der Waals surface area contributed by atoms with E-state index in [1.807, 2.05) is 19.9 Å². The number of fused-ring (bicyclic) bond motifs is 1. The molecule has 0 saturated carbocycles. The molecule has 0 fully saturated rings. The van der Waals surface area contributed by atoms with E-state index in [1.165, 1.54) is 27.6 Å². The number of amides is 1. The molecule has 0 bridgehead atoms. The molecule has 0 aliphatic heterocycles. The number of carbonyl (C=O) groups is 1. The number of sulfonamides is 1. The lowest BCUT2D eigenvalue weighted by Gasteiger charge is -2.25. The second-order valence-corrected chi connectivity index (χ2v) is 9.05. The zero-order valence-electron chi connectivity index (χ0n) is 16.5. The monoisotopic (exact) mass is 400 g/mol. The van der Waals surface area contributed by atoms with E-state index in [9.17, 15) is 13.2 Å². The van der Waals surface area contributed by atoms with Crippen LogP contribution in [0, 0.1) is 0 Å². The van der Waals surface area contributed by atoms with E-state index in [0.717, 1.165) is 19.3 Å². The van der Waals surface area contributed by atoms with Crippen molar-refractivity contribution in [1.29, 1.82) is 0 Å². The summed E-state index contributed by atoms with van der Waals surface area (Å²) in [5.74, 6) is 0.158. The van der Waals surface area contributed by atoms with Gasteiger partial charge >= 0.3 is 0 Å². The maximum atomic E-state index is 12.6. The highest BCUT2D eigenvalue weighted by molar-refractivity contribution is 7.89. The van der Waals surface area contributed by atoms with Crippen molar-refractivity contribution in [3.8, 4) is 0 Å². The van der Waals surface area contributed by atoms with Gasteiger partial charge in [0.25, 0.3) is 5.91 Å². The molecule has 0 unspecified atom stereocenters. The molecule has 5 nitrogen and oxygen atoms in total. The largest absolute Gasteiger partial charge is 0.351 e. The van der Waals surface area contributed by atoms with Gasteiger partial charge in [-0.15, -0.1) is 0 Å². The van der Waals surface area contributed by atoms with Crippen LogP contribution in [0.15, 0.2) is 53.4 Å². The predicted octanol–water partition coefficient (Wildman–Crippen LogP) is 3.57. The Kier molecular flexibility index (Phi) is 6.52. The summed E-state index contributed by atoms with van der Waals surface area (Å²) in [6.45, 7) is 5.06. The molecule has 6 heteroatoms. The minimum Gasteiger partial charge on any atom is -0.351 e. The first-order valence-electron chi connectivity index (χ1n) is 9.93. The Morgan fingerprint density at radius 3 is 2.43 bits per heavy atom. The first-order valence-corrected chi connectivity index (χ1v) is 11.4. The van der Waals surface area contributed by atoms with Gasteiger partial charge in [0.2, 0.25) is 10.0 Å². The summed E-state index contributed by atoms with van der Waals surface area (Å²) in [4.78, 5) is 12.8. The van der Waals surface area contributed by atoms with Crippen LogP contribution in [0.3, 0.4) is 0 Å². The number of carbonyl (C=O) groups excluding carboxylic acids is 1. The van der Waals surface area contributed by atoms with Crippen molar-refractivity contribution in [2.45, 2.75) is 43.9 Å². The van der Waals surface area contributed by atoms with Crippen LogP contribution < -0.4 is 5.32 Å². The van der Waals surface area contributed by atoms with Gasteiger partial charge in [-0.3, -0.25) is 4.79 Å². The maximum absolute atomic E-state index is 12.6. The molecule has 28 heavy (non-hydrogen) atoms. The van der Waals surface area contributed by atoms with Gasteiger partial charge in [0.1, 0.15) is 0 Å². The summed E-state index contributed by atoms with van der Waals surface area (Å²) in [5.41, 5.74) is 3.18. The molecule has 0 aromatic heterocycles. The summed E-state index contributed by atoms with van der Waals surface area (Å²) in [5, 5.41) is 3.01. The molecule has 0 spiro atoms. The van der Waals surface area contributed by atoms with Crippen LogP contribution in [0.1, 0.15) is 54.1 Å². The lowest BCUT2D eigenvalue weighted by Crippen LogP contribution is -2.31. The van der Waals surface area contributed by atoms with Crippen LogP contribution in [0.2, 0.25) is 0 Å². The molecule has 0 saturated heterocycles. The summed E-state index contributed by atoms with van der Waals surface area (Å²) in [7, 11) is -3.50. The Hall–Kier alpha value is -2.18. The SMILES string of the molecule is CCN(CC)S(=O)(=O)c1ccc(C(=O)NC[C@H]2CCCc3ccccc32)cc1. The van der Waals surface area contributed by atoms with Crippen LogP contribution >= 0.6 is 0 Å². The summed E-state index contributed by atoms with van der Waals surface area (Å²) < 4.78 is 26.5. The van der Waals surface area contributed by atoms with Gasteiger partial charge in [-0.25, -0.2) is 8.42 Å². The molecule has 3 rings (SSSR count). The van der Waals surface area contributed by atoms with Gasteiger partial charge < -0.3 is 5.32 Å². The Morgan fingerprint density at radius 2 is 1.75 bits per heavy atom. The van der Waals surface area contributed by atoms with E-state index in [4.69, 9.17) is 0 Å². The topological polar surface area (TPSA) is 66.5 Å². The third kappa shape index (κ3) is 4.28. The zero-order chi connectivity index (χ0) is 20.1. The number of nitrogens with zero attached hydrogens (tertiary/aromatic N) is 1. The molecule has 2 aromatic rings. The van der Waals surface area contributed by atoms with Gasteiger partial charge in [-0.1, -0.05) is 38.1 Å². The van der Waals surface area contributed by atoms with Crippen molar-refractivity contribution in [1.82, 2.24) is 9.62 Å². The average Bonchev–Trinajstić information content (AvgIpc) is 2.72. The first-order chi connectivity index (χ1) is 13.5. The molecule has 1 aliphatic carbocycles. The maximum Gasteiger partial charge on any atom is 0.251 e. The summed E-state index contributed by atoms with van der Waals surface area (Å²) in [6.07, 6.45) is 3.30. The Balaban J connectivity index is 1.66. The molecule has 0 heterocycles. The molecule has 150 valence electrons. The van der Waals surface area contributed by atoms with E-state index in [-0.39, 0.29) is 10.8 Å². The highest BCUT2D eigenvalue weighted by atomic mass is 32.2. The second kappa shape index (κ2) is 8.88. The second-order valence-electron chi connectivity index (χ2n) is 7.11. The quantitative estimate of drug-likeness (QED) is 0.773. The molecule has 1 amide bonds. The fraction of sp³-hybridized carbons (Fsp3) is 0.409. The standard InChI is InChI=1S/C22H28N2O3S/c1-3-24(4-2)28(26,27)20-14-12-18(13-15-20)22(25)23-16-19-10-7-9-17-8-5-6-11-21(17)19/h5-6,8,11-15,19H,3-4,7,9-10,16H2,1-2H3,(H,23,25)/t19-/m1/s1. The minimum absolute atomic E-state index is 0.171. The van der Waals surface area contributed by atoms with Crippen molar-refractivity contribution in [3.63, 3.8) is 0 Å². The van der Waals surface area contributed by atoms with Gasteiger partial charge in [0.15, 0.2) is 0 Å². The van der Waals surface area contributed by atoms with Crippen molar-refractivity contribution >= 4 is 15.9 Å². The number of rotatable bonds is 7. The number of nitrogens with one attached hydrogen (secondary N) is 1. The van der Waals surface area contributed by atoms with Crippen molar-refractivity contribution in [3.05, 3.63) is 65.2 Å². The van der Waals surface area contributed by atoms with Crippen LogP contribution in [-0.2, 0) is 16.4 Å². The minimum atomic E-state index is -3.50. The van der Waals surface area contributed by atoms with Gasteiger partial charge in [-0.05, 0) is 54.7 Å². The first kappa shape index (κ1) is 20.6. The third-order valence-corrected chi connectivity index (χ3v) is 7.53. The Morgan fingerprint density at radius 1 is 1.07 bits per heavy atom. The number of hydrogen-bond acceptors (Lipinski definition) is 3. The average molecular weight is 401 g/mol. The predicted molar refractivity (Wildman–Crippen MR) is 111 cm³/mol. The molecule has 1 atom stereocenters. The smallest absolute Gasteiger partial charge is 0.251 e. The van der Waals surface area contributed by atoms with Crippen LogP contribution in [0.4, 0.5) is 0 Å². The van der Waals surface area contributed by atoms with Crippen LogP contribution in [0.5, 0.6) is 0 Å². The van der Waals surface area contributed by atoms with Crippen molar-refractivity contribution in [2.24, 2.45) is 0 Å². The van der Waals surface area contributed by atoms with E-state index >= 15 is 0 Å². The molecule has 1 N–H and O–H groups in total. The van der Waals surface area contributed by atoms with E-state index < -0.39 is 10.0 Å². The highest BCUT2D eigenvalue weighted by Gasteiger charge is 2.23. The van der Waals surface area contributed by atoms with E-state index in [0.29, 0.717) is 31.1 Å². The summed E-state index contributed by atoms with van der Waals surface area (Å²) in [6, 6.07) is 14.6. The lowest BCUT2D eigenvalue weighted by molar-refractivity contribution is 0.0950. The Bertz CT molecular complexity index is 919. The zero-order valence-corrected chi connectivity index (χ0v) is 17.3. The number of hydrogen-bond donors (Lipinski definition) is 1. The van der Waals surface area contributed by atoms with E-state index in [1.54, 1.807) is 12.1 Å². The number of benzene rings is 2. The van der Waals surface area contributed by atoms with Crippen LogP contribution in [0.25, 0.3) is 0 Å². The lowest BCUT2D eigenvalue weighted by atomic mass is 9.83. The highest BCUT2D eigenvalue weighted by Crippen LogP contribution is 2.30. The van der Waals surface area contributed by atoms with Gasteiger partial charge in [0.05, 0.1) is 4.90 Å². The normalized spacial score (nSPS) is 16.6. The van der Waals surface area contributed by atoms with Crippen molar-refractivity contribution in [2.75, 3.05) is 19.6 Å². The molecule has 0 radical (unpaired) electrons. The van der Waals surface area contributed by atoms with Gasteiger partial charge in [0, 0.05) is 31.1 Å².